The average molecular weight is 528 g/mol. The number of hydrogen-bond donors (Lipinski definition) is 0. The van der Waals surface area contributed by atoms with Crippen LogP contribution >= 0.6 is 15.9 Å². The van der Waals surface area contributed by atoms with Crippen LogP contribution in [0.2, 0.25) is 0 Å². The molecule has 0 amide bonds. The Bertz CT molecular complexity index is 1840. The zero-order valence-corrected chi connectivity index (χ0v) is 21.7. The van der Waals surface area contributed by atoms with E-state index in [4.69, 9.17) is 0 Å². The van der Waals surface area contributed by atoms with Gasteiger partial charge in [-0.1, -0.05) is 64.5 Å². The molecule has 1 aromatic heterocycles. The van der Waals surface area contributed by atoms with E-state index in [2.05, 4.69) is 105 Å². The third-order valence-electron chi connectivity index (χ3n) is 8.47. The molecular weight excluding hydrogens is 502 g/mol. The number of halogens is 1. The van der Waals surface area contributed by atoms with Gasteiger partial charge in [-0.25, -0.2) is 0 Å². The maximum absolute atomic E-state index is 3.92. The van der Waals surface area contributed by atoms with Gasteiger partial charge in [-0.3, -0.25) is 0 Å². The first-order chi connectivity index (χ1) is 17.8. The van der Waals surface area contributed by atoms with Crippen molar-refractivity contribution in [3.8, 4) is 16.8 Å². The van der Waals surface area contributed by atoms with Crippen LogP contribution in [0.25, 0.3) is 49.4 Å². The van der Waals surface area contributed by atoms with Crippen LogP contribution in [-0.4, -0.2) is 4.57 Å². The highest BCUT2D eigenvalue weighted by Gasteiger charge is 2.25. The minimum atomic E-state index is 1.17. The highest BCUT2D eigenvalue weighted by atomic mass is 79.9. The molecule has 2 aliphatic carbocycles. The van der Waals surface area contributed by atoms with Crippen molar-refractivity contribution in [1.82, 2.24) is 4.57 Å². The van der Waals surface area contributed by atoms with Crippen molar-refractivity contribution in [2.24, 2.45) is 0 Å². The molecule has 1 nitrogen and oxygen atoms in total. The molecule has 0 aliphatic heterocycles. The molecule has 0 fully saturated rings. The van der Waals surface area contributed by atoms with Crippen LogP contribution in [0.1, 0.15) is 35.1 Å². The van der Waals surface area contributed by atoms with Crippen LogP contribution in [0.4, 0.5) is 0 Å². The van der Waals surface area contributed by atoms with Gasteiger partial charge in [0.25, 0.3) is 0 Å². The second-order valence-corrected chi connectivity index (χ2v) is 11.3. The highest BCUT2D eigenvalue weighted by molar-refractivity contribution is 9.10. The van der Waals surface area contributed by atoms with Gasteiger partial charge in [0.2, 0.25) is 0 Å². The molecule has 2 aliphatic rings. The predicted molar refractivity (Wildman–Crippen MR) is 155 cm³/mol. The van der Waals surface area contributed by atoms with Crippen molar-refractivity contribution in [3.63, 3.8) is 0 Å². The Hall–Kier alpha value is -3.36. The van der Waals surface area contributed by atoms with Gasteiger partial charge in [0, 0.05) is 20.9 Å². The lowest BCUT2D eigenvalue weighted by atomic mass is 9.77. The zero-order chi connectivity index (χ0) is 23.8. The highest BCUT2D eigenvalue weighted by Crippen LogP contribution is 2.45. The summed E-state index contributed by atoms with van der Waals surface area (Å²) >= 11 is 3.92. The lowest BCUT2D eigenvalue weighted by molar-refractivity contribution is 0.785. The lowest BCUT2D eigenvalue weighted by Crippen LogP contribution is -2.10. The van der Waals surface area contributed by atoms with Crippen molar-refractivity contribution in [3.05, 3.63) is 112 Å². The van der Waals surface area contributed by atoms with E-state index in [1.807, 2.05) is 0 Å². The molecule has 0 spiro atoms. The number of aromatic nitrogens is 1. The molecule has 5 aromatic carbocycles. The maximum Gasteiger partial charge on any atom is 0.0541 e. The van der Waals surface area contributed by atoms with E-state index in [0.29, 0.717) is 0 Å². The fourth-order valence-corrected chi connectivity index (χ4v) is 7.65. The van der Waals surface area contributed by atoms with E-state index in [-0.39, 0.29) is 0 Å². The molecule has 6 aromatic rings. The van der Waals surface area contributed by atoms with E-state index in [1.165, 1.54) is 92.7 Å². The molecule has 0 unspecified atom stereocenters. The number of para-hydroxylation sites is 2. The molecule has 0 saturated heterocycles. The minimum absolute atomic E-state index is 1.17. The van der Waals surface area contributed by atoms with E-state index >= 15 is 0 Å². The van der Waals surface area contributed by atoms with E-state index in [9.17, 15) is 0 Å². The average Bonchev–Trinajstić information content (AvgIpc) is 3.26. The van der Waals surface area contributed by atoms with Crippen LogP contribution in [0.5, 0.6) is 0 Å². The third-order valence-corrected chi connectivity index (χ3v) is 9.18. The van der Waals surface area contributed by atoms with Crippen molar-refractivity contribution >= 4 is 48.5 Å². The van der Waals surface area contributed by atoms with E-state index in [1.54, 1.807) is 21.9 Å². The molecule has 0 bridgehead atoms. The van der Waals surface area contributed by atoms with Crippen LogP contribution in [0.3, 0.4) is 0 Å². The van der Waals surface area contributed by atoms with Gasteiger partial charge in [-0.15, -0.1) is 0 Å². The normalized spacial score (nSPS) is 14.7. The summed E-state index contributed by atoms with van der Waals surface area (Å²) < 4.78 is 3.73. The zero-order valence-electron chi connectivity index (χ0n) is 20.2. The second kappa shape index (κ2) is 7.82. The molecule has 8 rings (SSSR count). The van der Waals surface area contributed by atoms with Crippen molar-refractivity contribution in [2.45, 2.75) is 38.5 Å². The quantitative estimate of drug-likeness (QED) is 0.211. The predicted octanol–water partition coefficient (Wildman–Crippen LogP) is 9.34. The number of fused-ring (bicyclic) bond motifs is 3. The third kappa shape index (κ3) is 2.88. The first kappa shape index (κ1) is 20.8. The summed E-state index contributed by atoms with van der Waals surface area (Å²) in [4.78, 5) is 0. The summed E-state index contributed by atoms with van der Waals surface area (Å²) in [7, 11) is 0. The summed E-state index contributed by atoms with van der Waals surface area (Å²) in [6.45, 7) is 0. The van der Waals surface area contributed by atoms with E-state index < -0.39 is 0 Å². The first-order valence-corrected chi connectivity index (χ1v) is 13.9. The van der Waals surface area contributed by atoms with Crippen molar-refractivity contribution in [1.29, 1.82) is 0 Å². The SMILES string of the molecule is Brc1cc2c3c(c(-c4ccc5c(c4)c4ccccc4n5-c4ccccc4)cc4c3c1CCC4)CCC2. The Morgan fingerprint density at radius 3 is 2.14 bits per heavy atom. The Morgan fingerprint density at radius 1 is 0.583 bits per heavy atom. The minimum Gasteiger partial charge on any atom is -0.309 e. The smallest absolute Gasteiger partial charge is 0.0541 e. The number of aryl methyl sites for hydroxylation is 4. The number of rotatable bonds is 2. The molecule has 2 heteroatoms. The van der Waals surface area contributed by atoms with Gasteiger partial charge in [-0.05, 0) is 119 Å². The number of nitrogens with zero attached hydrogens (tertiary/aromatic N) is 1. The topological polar surface area (TPSA) is 4.93 Å². The molecule has 0 saturated carbocycles. The van der Waals surface area contributed by atoms with Crippen LogP contribution in [0, 0.1) is 0 Å². The second-order valence-electron chi connectivity index (χ2n) is 10.4. The Kier molecular flexibility index (Phi) is 4.52. The molecule has 1 heterocycles. The molecule has 36 heavy (non-hydrogen) atoms. The van der Waals surface area contributed by atoms with Gasteiger partial charge in [0.1, 0.15) is 0 Å². The van der Waals surface area contributed by atoms with Gasteiger partial charge in [-0.2, -0.15) is 0 Å². The Balaban J connectivity index is 1.43. The molecule has 0 N–H and O–H groups in total. The number of benzene rings is 5. The summed E-state index contributed by atoms with van der Waals surface area (Å²) in [5, 5.41) is 5.78. The van der Waals surface area contributed by atoms with E-state index in [0.717, 1.165) is 0 Å². The van der Waals surface area contributed by atoms with Gasteiger partial charge < -0.3 is 4.57 Å². The van der Waals surface area contributed by atoms with Crippen LogP contribution in [-0.2, 0) is 25.7 Å². The summed E-state index contributed by atoms with van der Waals surface area (Å²) in [5.74, 6) is 0. The van der Waals surface area contributed by atoms with Gasteiger partial charge in [0.15, 0.2) is 0 Å². The largest absolute Gasteiger partial charge is 0.309 e. The fraction of sp³-hybridized carbons (Fsp3) is 0.176. The molecule has 0 atom stereocenters. The molecular formula is C34H26BrN. The molecule has 174 valence electrons. The lowest BCUT2D eigenvalue weighted by Gasteiger charge is -2.28. The first-order valence-electron chi connectivity index (χ1n) is 13.2. The van der Waals surface area contributed by atoms with Crippen molar-refractivity contribution < 1.29 is 0 Å². The number of hydrogen-bond acceptors (Lipinski definition) is 0. The fourth-order valence-electron chi connectivity index (χ4n) is 6.97. The monoisotopic (exact) mass is 527 g/mol. The van der Waals surface area contributed by atoms with Crippen LogP contribution < -0.4 is 0 Å². The summed E-state index contributed by atoms with van der Waals surface area (Å²) in [5.41, 5.74) is 12.7. The molecule has 0 radical (unpaired) electrons. The summed E-state index contributed by atoms with van der Waals surface area (Å²) in [6.07, 6.45) is 7.20. The summed E-state index contributed by atoms with van der Waals surface area (Å²) in [6, 6.07) is 31.7. The maximum atomic E-state index is 3.92. The van der Waals surface area contributed by atoms with Gasteiger partial charge >= 0.3 is 0 Å². The van der Waals surface area contributed by atoms with Gasteiger partial charge in [0.05, 0.1) is 11.0 Å². The van der Waals surface area contributed by atoms with Crippen LogP contribution in [0.15, 0.2) is 89.4 Å². The van der Waals surface area contributed by atoms with Crippen molar-refractivity contribution in [2.75, 3.05) is 0 Å². The Morgan fingerprint density at radius 2 is 1.28 bits per heavy atom. The standard InChI is InChI=1S/C34H26BrN/c35-30-20-23-9-6-13-26-28(19-22-8-7-14-27(30)34(22)33(23)26)21-16-17-32-29(18-21)25-12-4-5-15-31(25)36(32)24-10-2-1-3-11-24/h1-5,10-12,15-20H,6-9,13-14H2. The Labute approximate surface area is 219 Å².